The highest BCUT2D eigenvalue weighted by atomic mass is 19.1. The van der Waals surface area contributed by atoms with Crippen LogP contribution in [0, 0.1) is 5.82 Å². The lowest BCUT2D eigenvalue weighted by Crippen LogP contribution is -2.45. The summed E-state index contributed by atoms with van der Waals surface area (Å²) in [5.74, 6) is 0.359. The first-order valence-corrected chi connectivity index (χ1v) is 9.86. The first-order chi connectivity index (χ1) is 14.2. The summed E-state index contributed by atoms with van der Waals surface area (Å²) in [4.78, 5) is 15.3. The fourth-order valence-corrected chi connectivity index (χ4v) is 3.46. The monoisotopic (exact) mass is 394 g/mol. The molecule has 1 fully saturated rings. The minimum Gasteiger partial charge on any atom is -0.494 e. The van der Waals surface area contributed by atoms with E-state index in [0.29, 0.717) is 30.9 Å². The standard InChI is InChI=1S/C22H23FN4O2/c23-17-9-11-19(12-10-17)29-14-4-13-27(18-5-3-6-18)22(28)20-7-1-2-8-21(20)26-15-24-25-16-26/h1-2,7-12,15-16,18H,3-6,13-14H2. The van der Waals surface area contributed by atoms with E-state index in [1.165, 1.54) is 12.1 Å². The van der Waals surface area contributed by atoms with Crippen LogP contribution in [0.3, 0.4) is 0 Å². The van der Waals surface area contributed by atoms with E-state index in [1.807, 2.05) is 29.2 Å². The largest absolute Gasteiger partial charge is 0.494 e. The molecule has 0 bridgehead atoms. The summed E-state index contributed by atoms with van der Waals surface area (Å²) < 4.78 is 20.4. The molecule has 1 heterocycles. The maximum absolute atomic E-state index is 13.4. The molecule has 3 aromatic rings. The Morgan fingerprint density at radius 1 is 1.10 bits per heavy atom. The van der Waals surface area contributed by atoms with Crippen molar-refractivity contribution in [1.82, 2.24) is 19.7 Å². The number of rotatable bonds is 8. The van der Waals surface area contributed by atoms with Crippen molar-refractivity contribution < 1.29 is 13.9 Å². The molecule has 1 aliphatic rings. The predicted molar refractivity (Wildman–Crippen MR) is 107 cm³/mol. The van der Waals surface area contributed by atoms with E-state index >= 15 is 0 Å². The third-order valence-corrected chi connectivity index (χ3v) is 5.23. The van der Waals surface area contributed by atoms with Gasteiger partial charge in [-0.05, 0) is 62.1 Å². The molecule has 6 nitrogen and oxygen atoms in total. The fraction of sp³-hybridized carbons (Fsp3) is 0.318. The Balaban J connectivity index is 1.43. The molecule has 29 heavy (non-hydrogen) atoms. The van der Waals surface area contributed by atoms with Gasteiger partial charge in [0, 0.05) is 12.6 Å². The number of amides is 1. The molecule has 2 aromatic carbocycles. The summed E-state index contributed by atoms with van der Waals surface area (Å²) in [5, 5.41) is 7.70. The summed E-state index contributed by atoms with van der Waals surface area (Å²) >= 11 is 0. The number of nitrogens with zero attached hydrogens (tertiary/aromatic N) is 4. The van der Waals surface area contributed by atoms with Gasteiger partial charge in [0.25, 0.3) is 5.91 Å². The Morgan fingerprint density at radius 3 is 2.52 bits per heavy atom. The fourth-order valence-electron chi connectivity index (χ4n) is 3.46. The summed E-state index contributed by atoms with van der Waals surface area (Å²) in [5.41, 5.74) is 1.41. The number of hydrogen-bond donors (Lipinski definition) is 0. The van der Waals surface area contributed by atoms with E-state index in [9.17, 15) is 9.18 Å². The summed E-state index contributed by atoms with van der Waals surface area (Å²) in [7, 11) is 0. The van der Waals surface area contributed by atoms with Gasteiger partial charge in [-0.3, -0.25) is 9.36 Å². The van der Waals surface area contributed by atoms with Crippen molar-refractivity contribution in [3.05, 3.63) is 72.6 Å². The van der Waals surface area contributed by atoms with Crippen LogP contribution >= 0.6 is 0 Å². The van der Waals surface area contributed by atoms with Crippen molar-refractivity contribution in [2.45, 2.75) is 31.7 Å². The molecule has 0 saturated heterocycles. The van der Waals surface area contributed by atoms with Crippen LogP contribution in [-0.2, 0) is 0 Å². The van der Waals surface area contributed by atoms with E-state index in [1.54, 1.807) is 29.4 Å². The van der Waals surface area contributed by atoms with E-state index in [2.05, 4.69) is 10.2 Å². The van der Waals surface area contributed by atoms with Crippen LogP contribution in [0.25, 0.3) is 5.69 Å². The van der Waals surface area contributed by atoms with Gasteiger partial charge in [-0.15, -0.1) is 10.2 Å². The summed E-state index contributed by atoms with van der Waals surface area (Å²) in [6.45, 7) is 1.08. The van der Waals surface area contributed by atoms with Crippen LogP contribution < -0.4 is 4.74 Å². The molecule has 0 N–H and O–H groups in total. The van der Waals surface area contributed by atoms with Crippen molar-refractivity contribution in [2.75, 3.05) is 13.2 Å². The normalized spacial score (nSPS) is 13.7. The molecular formula is C22H23FN4O2. The van der Waals surface area contributed by atoms with E-state index < -0.39 is 0 Å². The number of hydrogen-bond acceptors (Lipinski definition) is 4. The van der Waals surface area contributed by atoms with Crippen LogP contribution in [0.15, 0.2) is 61.2 Å². The zero-order valence-electron chi connectivity index (χ0n) is 16.1. The molecule has 0 radical (unpaired) electrons. The number of aromatic nitrogens is 3. The van der Waals surface area contributed by atoms with Crippen molar-refractivity contribution in [1.29, 1.82) is 0 Å². The number of benzene rings is 2. The molecule has 1 amide bonds. The van der Waals surface area contributed by atoms with Gasteiger partial charge >= 0.3 is 0 Å². The van der Waals surface area contributed by atoms with E-state index in [-0.39, 0.29) is 17.8 Å². The van der Waals surface area contributed by atoms with Gasteiger partial charge in [-0.2, -0.15) is 0 Å². The molecule has 1 aromatic heterocycles. The van der Waals surface area contributed by atoms with Crippen LogP contribution in [0.1, 0.15) is 36.0 Å². The van der Waals surface area contributed by atoms with Crippen molar-refractivity contribution in [3.8, 4) is 11.4 Å². The van der Waals surface area contributed by atoms with Crippen LogP contribution in [0.4, 0.5) is 4.39 Å². The first-order valence-electron chi connectivity index (χ1n) is 9.86. The molecule has 0 atom stereocenters. The second-order valence-electron chi connectivity index (χ2n) is 7.13. The van der Waals surface area contributed by atoms with Crippen molar-refractivity contribution in [2.24, 2.45) is 0 Å². The highest BCUT2D eigenvalue weighted by molar-refractivity contribution is 5.98. The van der Waals surface area contributed by atoms with Gasteiger partial charge in [-0.1, -0.05) is 12.1 Å². The topological polar surface area (TPSA) is 60.2 Å². The maximum atomic E-state index is 13.4. The number of para-hydroxylation sites is 1. The number of carbonyl (C=O) groups is 1. The molecule has 1 aliphatic carbocycles. The third-order valence-electron chi connectivity index (χ3n) is 5.23. The highest BCUT2D eigenvalue weighted by Crippen LogP contribution is 2.28. The first kappa shape index (κ1) is 19.1. The smallest absolute Gasteiger partial charge is 0.256 e. The molecule has 0 aliphatic heterocycles. The van der Waals surface area contributed by atoms with Crippen LogP contribution in [-0.4, -0.2) is 44.8 Å². The highest BCUT2D eigenvalue weighted by Gasteiger charge is 2.30. The molecule has 1 saturated carbocycles. The minimum absolute atomic E-state index is 0.0146. The number of ether oxygens (including phenoxy) is 1. The maximum Gasteiger partial charge on any atom is 0.256 e. The van der Waals surface area contributed by atoms with Gasteiger partial charge in [0.15, 0.2) is 0 Å². The minimum atomic E-state index is -0.286. The van der Waals surface area contributed by atoms with Crippen molar-refractivity contribution in [3.63, 3.8) is 0 Å². The molecule has 0 spiro atoms. The Morgan fingerprint density at radius 2 is 1.83 bits per heavy atom. The van der Waals surface area contributed by atoms with Crippen LogP contribution in [0.5, 0.6) is 5.75 Å². The zero-order chi connectivity index (χ0) is 20.1. The van der Waals surface area contributed by atoms with Crippen LogP contribution in [0.2, 0.25) is 0 Å². The Kier molecular flexibility index (Phi) is 5.84. The number of halogens is 1. The average Bonchev–Trinajstić information content (AvgIpc) is 3.24. The Hall–Kier alpha value is -3.22. The second-order valence-corrected chi connectivity index (χ2v) is 7.13. The predicted octanol–water partition coefficient (Wildman–Crippen LogP) is 3.87. The third kappa shape index (κ3) is 4.45. The Labute approximate surface area is 168 Å². The summed E-state index contributed by atoms with van der Waals surface area (Å²) in [6.07, 6.45) is 7.09. The average molecular weight is 394 g/mol. The molecule has 7 heteroatoms. The van der Waals surface area contributed by atoms with Gasteiger partial charge in [0.1, 0.15) is 24.2 Å². The van der Waals surface area contributed by atoms with Crippen molar-refractivity contribution >= 4 is 5.91 Å². The molecule has 4 rings (SSSR count). The molecular weight excluding hydrogens is 371 g/mol. The lowest BCUT2D eigenvalue weighted by Gasteiger charge is -2.38. The zero-order valence-corrected chi connectivity index (χ0v) is 16.1. The van der Waals surface area contributed by atoms with E-state index in [0.717, 1.165) is 24.9 Å². The quantitative estimate of drug-likeness (QED) is 0.544. The van der Waals surface area contributed by atoms with E-state index in [4.69, 9.17) is 4.74 Å². The lowest BCUT2D eigenvalue weighted by molar-refractivity contribution is 0.0565. The van der Waals surface area contributed by atoms with Gasteiger partial charge in [0.05, 0.1) is 17.9 Å². The Bertz CT molecular complexity index is 940. The van der Waals surface area contributed by atoms with Gasteiger partial charge in [0.2, 0.25) is 0 Å². The van der Waals surface area contributed by atoms with Gasteiger partial charge in [-0.25, -0.2) is 4.39 Å². The molecule has 150 valence electrons. The number of carbonyl (C=O) groups excluding carboxylic acids is 1. The lowest BCUT2D eigenvalue weighted by atomic mass is 9.90. The van der Waals surface area contributed by atoms with Gasteiger partial charge < -0.3 is 9.64 Å². The molecule has 0 unspecified atom stereocenters. The second kappa shape index (κ2) is 8.86. The SMILES string of the molecule is O=C(c1ccccc1-n1cnnc1)N(CCCOc1ccc(F)cc1)C1CCC1. The summed E-state index contributed by atoms with van der Waals surface area (Å²) in [6, 6.07) is 13.8.